The number of hydrogen-bond acceptors (Lipinski definition) is 4. The Labute approximate surface area is 132 Å². The Morgan fingerprint density at radius 1 is 1.22 bits per heavy atom. The fourth-order valence-electron chi connectivity index (χ4n) is 1.82. The molecule has 0 saturated heterocycles. The van der Waals surface area contributed by atoms with Crippen molar-refractivity contribution in [2.75, 3.05) is 11.3 Å². The van der Waals surface area contributed by atoms with E-state index in [1.54, 1.807) is 6.92 Å². The molecule has 0 radical (unpaired) electrons. The number of sulfonamides is 1. The predicted molar refractivity (Wildman–Crippen MR) is 81.5 cm³/mol. The molecule has 0 spiro atoms. The summed E-state index contributed by atoms with van der Waals surface area (Å²) in [6, 6.07) is 8.96. The van der Waals surface area contributed by atoms with Crippen molar-refractivity contribution in [2.24, 2.45) is 0 Å². The molecule has 23 heavy (non-hydrogen) atoms. The maximum absolute atomic E-state index is 12.8. The number of benzene rings is 2. The number of anilines is 1. The fourth-order valence-corrected chi connectivity index (χ4v) is 2.97. The zero-order valence-corrected chi connectivity index (χ0v) is 12.9. The van der Waals surface area contributed by atoms with Crippen LogP contribution in [0.1, 0.15) is 5.56 Å². The van der Waals surface area contributed by atoms with Gasteiger partial charge in [0.15, 0.2) is 6.61 Å². The highest BCUT2D eigenvalue weighted by Crippen LogP contribution is 2.23. The van der Waals surface area contributed by atoms with Gasteiger partial charge in [-0.1, -0.05) is 0 Å². The Kier molecular flexibility index (Phi) is 4.85. The number of halogens is 1. The van der Waals surface area contributed by atoms with Gasteiger partial charge in [-0.25, -0.2) is 17.6 Å². The molecule has 0 atom stereocenters. The van der Waals surface area contributed by atoms with Crippen LogP contribution in [0.4, 0.5) is 10.1 Å². The number of ether oxygens (including phenoxy) is 1. The van der Waals surface area contributed by atoms with Crippen LogP contribution < -0.4 is 9.46 Å². The molecule has 0 heterocycles. The summed E-state index contributed by atoms with van der Waals surface area (Å²) < 4.78 is 44.8. The number of aryl methyl sites for hydroxylation is 1. The van der Waals surface area contributed by atoms with Crippen LogP contribution in [0.25, 0.3) is 0 Å². The van der Waals surface area contributed by atoms with Gasteiger partial charge in [0, 0.05) is 5.69 Å². The molecule has 0 bridgehead atoms. The molecule has 0 amide bonds. The van der Waals surface area contributed by atoms with Gasteiger partial charge in [0.05, 0.1) is 4.90 Å². The van der Waals surface area contributed by atoms with Crippen molar-refractivity contribution in [1.82, 2.24) is 0 Å². The summed E-state index contributed by atoms with van der Waals surface area (Å²) in [4.78, 5) is 10.5. The van der Waals surface area contributed by atoms with Gasteiger partial charge < -0.3 is 9.84 Å². The molecule has 0 unspecified atom stereocenters. The fraction of sp³-hybridized carbons (Fsp3) is 0.133. The Balaban J connectivity index is 2.21. The Hall–Kier alpha value is -2.61. The largest absolute Gasteiger partial charge is 0.482 e. The van der Waals surface area contributed by atoms with Gasteiger partial charge in [0.1, 0.15) is 11.6 Å². The average Bonchev–Trinajstić information content (AvgIpc) is 2.48. The highest BCUT2D eigenvalue weighted by Gasteiger charge is 2.16. The van der Waals surface area contributed by atoms with E-state index in [2.05, 4.69) is 4.72 Å². The third-order valence-corrected chi connectivity index (χ3v) is 4.28. The van der Waals surface area contributed by atoms with Crippen LogP contribution in [-0.4, -0.2) is 26.1 Å². The summed E-state index contributed by atoms with van der Waals surface area (Å²) in [6.45, 7) is 1.09. The average molecular weight is 339 g/mol. The SMILES string of the molecule is Cc1cc(S(=O)(=O)Nc2ccc(F)cc2)ccc1OCC(=O)O. The number of carboxylic acids is 1. The minimum absolute atomic E-state index is 0.0120. The van der Waals surface area contributed by atoms with Gasteiger partial charge in [-0.3, -0.25) is 4.72 Å². The van der Waals surface area contributed by atoms with E-state index in [-0.39, 0.29) is 16.3 Å². The monoisotopic (exact) mass is 339 g/mol. The van der Waals surface area contributed by atoms with E-state index in [1.807, 2.05) is 0 Å². The molecular weight excluding hydrogens is 325 g/mol. The van der Waals surface area contributed by atoms with Gasteiger partial charge in [-0.2, -0.15) is 0 Å². The number of hydrogen-bond donors (Lipinski definition) is 2. The van der Waals surface area contributed by atoms with Crippen LogP contribution in [0.5, 0.6) is 5.75 Å². The van der Waals surface area contributed by atoms with Crippen LogP contribution in [0, 0.1) is 12.7 Å². The lowest BCUT2D eigenvalue weighted by molar-refractivity contribution is -0.139. The third kappa shape index (κ3) is 4.43. The quantitative estimate of drug-likeness (QED) is 0.843. The van der Waals surface area contributed by atoms with Crippen molar-refractivity contribution in [3.05, 3.63) is 53.8 Å². The van der Waals surface area contributed by atoms with Crippen molar-refractivity contribution in [3.63, 3.8) is 0 Å². The summed E-state index contributed by atoms with van der Waals surface area (Å²) in [7, 11) is -3.84. The van der Waals surface area contributed by atoms with E-state index in [0.29, 0.717) is 5.56 Å². The Morgan fingerprint density at radius 2 is 1.87 bits per heavy atom. The minimum Gasteiger partial charge on any atom is -0.482 e. The van der Waals surface area contributed by atoms with Crippen molar-refractivity contribution < 1.29 is 27.4 Å². The number of carbonyl (C=O) groups is 1. The van der Waals surface area contributed by atoms with Crippen LogP contribution in [0.15, 0.2) is 47.4 Å². The van der Waals surface area contributed by atoms with Crippen LogP contribution in [-0.2, 0) is 14.8 Å². The van der Waals surface area contributed by atoms with Crippen molar-refractivity contribution in [3.8, 4) is 5.75 Å². The lowest BCUT2D eigenvalue weighted by Crippen LogP contribution is -2.14. The van der Waals surface area contributed by atoms with E-state index >= 15 is 0 Å². The lowest BCUT2D eigenvalue weighted by Gasteiger charge is -2.11. The zero-order chi connectivity index (χ0) is 17.0. The van der Waals surface area contributed by atoms with Crippen molar-refractivity contribution in [1.29, 1.82) is 0 Å². The van der Waals surface area contributed by atoms with Gasteiger partial charge in [0.25, 0.3) is 10.0 Å². The Bertz CT molecular complexity index is 818. The van der Waals surface area contributed by atoms with Gasteiger partial charge in [-0.05, 0) is 55.0 Å². The molecule has 6 nitrogen and oxygen atoms in total. The molecule has 0 saturated carbocycles. The molecule has 2 N–H and O–H groups in total. The number of aliphatic carboxylic acids is 1. The first kappa shape index (κ1) is 16.8. The van der Waals surface area contributed by atoms with E-state index < -0.39 is 28.4 Å². The molecule has 8 heteroatoms. The van der Waals surface area contributed by atoms with E-state index in [9.17, 15) is 17.6 Å². The number of nitrogens with one attached hydrogen (secondary N) is 1. The molecule has 2 aromatic rings. The number of rotatable bonds is 6. The summed E-state index contributed by atoms with van der Waals surface area (Å²) in [6.07, 6.45) is 0. The first-order chi connectivity index (χ1) is 10.8. The second-order valence-corrected chi connectivity index (χ2v) is 6.40. The van der Waals surface area contributed by atoms with E-state index in [1.165, 1.54) is 30.3 Å². The van der Waals surface area contributed by atoms with Crippen LogP contribution in [0.2, 0.25) is 0 Å². The Morgan fingerprint density at radius 3 is 2.43 bits per heavy atom. The second-order valence-electron chi connectivity index (χ2n) is 4.72. The highest BCUT2D eigenvalue weighted by atomic mass is 32.2. The summed E-state index contributed by atoms with van der Waals surface area (Å²) >= 11 is 0. The minimum atomic E-state index is -3.84. The van der Waals surface area contributed by atoms with Gasteiger partial charge in [0.2, 0.25) is 0 Å². The summed E-state index contributed by atoms with van der Waals surface area (Å²) in [5, 5.41) is 8.58. The molecule has 0 aliphatic carbocycles. The predicted octanol–water partition coefficient (Wildman–Crippen LogP) is 2.40. The number of carboxylic acid groups (broad SMARTS) is 1. The normalized spacial score (nSPS) is 11.0. The van der Waals surface area contributed by atoms with Crippen LogP contribution >= 0.6 is 0 Å². The van der Waals surface area contributed by atoms with E-state index in [4.69, 9.17) is 9.84 Å². The lowest BCUT2D eigenvalue weighted by atomic mass is 10.2. The maximum Gasteiger partial charge on any atom is 0.341 e. The molecule has 2 aromatic carbocycles. The first-order valence-electron chi connectivity index (χ1n) is 6.51. The topological polar surface area (TPSA) is 92.7 Å². The molecule has 0 aromatic heterocycles. The van der Waals surface area contributed by atoms with Crippen molar-refractivity contribution in [2.45, 2.75) is 11.8 Å². The molecule has 0 fully saturated rings. The molecular formula is C15H14FNO5S. The van der Waals surface area contributed by atoms with Crippen LogP contribution in [0.3, 0.4) is 0 Å². The first-order valence-corrected chi connectivity index (χ1v) is 8.00. The second kappa shape index (κ2) is 6.66. The standard InChI is InChI=1S/C15H14FNO5S/c1-10-8-13(6-7-14(10)22-9-15(18)19)23(20,21)17-12-4-2-11(16)3-5-12/h2-8,17H,9H2,1H3,(H,18,19). The van der Waals surface area contributed by atoms with E-state index in [0.717, 1.165) is 12.1 Å². The molecule has 0 aliphatic rings. The molecule has 0 aliphatic heterocycles. The molecule has 2 rings (SSSR count). The highest BCUT2D eigenvalue weighted by molar-refractivity contribution is 7.92. The van der Waals surface area contributed by atoms with Gasteiger partial charge >= 0.3 is 5.97 Å². The van der Waals surface area contributed by atoms with Gasteiger partial charge in [-0.15, -0.1) is 0 Å². The summed E-state index contributed by atoms with van der Waals surface area (Å²) in [5.41, 5.74) is 0.712. The smallest absolute Gasteiger partial charge is 0.341 e. The third-order valence-electron chi connectivity index (χ3n) is 2.90. The summed E-state index contributed by atoms with van der Waals surface area (Å²) in [5.74, 6) is -1.31. The zero-order valence-electron chi connectivity index (χ0n) is 12.1. The molecule has 122 valence electrons. The van der Waals surface area contributed by atoms with Crippen molar-refractivity contribution >= 4 is 21.7 Å². The maximum atomic E-state index is 12.8.